The van der Waals surface area contributed by atoms with Crippen molar-refractivity contribution in [3.63, 3.8) is 0 Å². The molecule has 1 fully saturated rings. The molecule has 2 rings (SSSR count). The average molecular weight is 306 g/mol. The first-order valence-electron chi connectivity index (χ1n) is 5.40. The summed E-state index contributed by atoms with van der Waals surface area (Å²) in [5.41, 5.74) is -0.0732. The molecule has 0 aromatic carbocycles. The van der Waals surface area contributed by atoms with E-state index in [9.17, 15) is 10.1 Å². The highest BCUT2D eigenvalue weighted by Gasteiger charge is 2.19. The maximum atomic E-state index is 10.9. The molecule has 0 amide bonds. The number of nitro groups is 1. The Morgan fingerprint density at radius 2 is 2.44 bits per heavy atom. The first-order chi connectivity index (χ1) is 8.66. The number of rotatable bonds is 4. The minimum atomic E-state index is -0.468. The van der Waals surface area contributed by atoms with Crippen molar-refractivity contribution in [3.8, 4) is 0 Å². The molecule has 98 valence electrons. The summed E-state index contributed by atoms with van der Waals surface area (Å²) in [5.74, 6) is 3.67. The molecule has 1 aliphatic rings. The number of hydrogen-bond acceptors (Lipinski definition) is 6. The van der Waals surface area contributed by atoms with Gasteiger partial charge in [-0.3, -0.25) is 10.1 Å². The molecule has 1 aromatic heterocycles. The maximum absolute atomic E-state index is 10.9. The quantitative estimate of drug-likeness (QED) is 0.681. The first-order valence-corrected chi connectivity index (χ1v) is 7.98. The summed E-state index contributed by atoms with van der Waals surface area (Å²) < 4.78 is 0. The minimum Gasteiger partial charge on any atom is -0.363 e. The van der Waals surface area contributed by atoms with Crippen molar-refractivity contribution in [1.29, 1.82) is 0 Å². The summed E-state index contributed by atoms with van der Waals surface area (Å²) >= 11 is 9.52. The van der Waals surface area contributed by atoms with Crippen LogP contribution in [-0.2, 0) is 0 Å². The number of nitrogens with one attached hydrogen (secondary N) is 1. The van der Waals surface area contributed by atoms with E-state index in [2.05, 4.69) is 10.3 Å². The van der Waals surface area contributed by atoms with Gasteiger partial charge in [0.15, 0.2) is 0 Å². The largest absolute Gasteiger partial charge is 0.363 e. The number of aromatic nitrogens is 1. The number of thioether (sulfide) groups is 2. The van der Waals surface area contributed by atoms with Crippen LogP contribution < -0.4 is 5.32 Å². The Labute approximate surface area is 118 Å². The van der Waals surface area contributed by atoms with Gasteiger partial charge in [-0.2, -0.15) is 23.5 Å². The molecule has 1 aromatic rings. The molecule has 1 atom stereocenters. The van der Waals surface area contributed by atoms with E-state index in [1.807, 2.05) is 23.5 Å². The van der Waals surface area contributed by atoms with Crippen molar-refractivity contribution >= 4 is 46.6 Å². The summed E-state index contributed by atoms with van der Waals surface area (Å²) in [4.78, 5) is 14.4. The van der Waals surface area contributed by atoms with Crippen LogP contribution in [0, 0.1) is 10.1 Å². The van der Waals surface area contributed by atoms with E-state index >= 15 is 0 Å². The Bertz CT molecular complexity index is 441. The molecule has 1 N–H and O–H groups in total. The highest BCUT2D eigenvalue weighted by Crippen LogP contribution is 2.27. The van der Waals surface area contributed by atoms with E-state index in [0.717, 1.165) is 11.5 Å². The second-order valence-corrected chi connectivity index (χ2v) is 6.72. The third kappa shape index (κ3) is 3.66. The van der Waals surface area contributed by atoms with E-state index in [4.69, 9.17) is 11.6 Å². The Morgan fingerprint density at radius 3 is 3.11 bits per heavy atom. The molecule has 1 aliphatic heterocycles. The molecule has 8 heteroatoms. The highest BCUT2D eigenvalue weighted by atomic mass is 35.5. The summed E-state index contributed by atoms with van der Waals surface area (Å²) in [6.07, 6.45) is 1.42. The van der Waals surface area contributed by atoms with Gasteiger partial charge in [-0.25, -0.2) is 4.98 Å². The number of pyridine rings is 1. The van der Waals surface area contributed by atoms with Crippen LogP contribution in [0.15, 0.2) is 12.3 Å². The third-order valence-corrected chi connectivity index (χ3v) is 5.46. The second-order valence-electron chi connectivity index (χ2n) is 3.73. The topological polar surface area (TPSA) is 68.1 Å². The van der Waals surface area contributed by atoms with Crippen LogP contribution in [0.25, 0.3) is 0 Å². The Kier molecular flexibility index (Phi) is 4.96. The predicted molar refractivity (Wildman–Crippen MR) is 78.0 cm³/mol. The minimum absolute atomic E-state index is 0.0732. The van der Waals surface area contributed by atoms with Crippen molar-refractivity contribution in [2.45, 2.75) is 5.25 Å². The van der Waals surface area contributed by atoms with Crippen LogP contribution in [0.5, 0.6) is 0 Å². The lowest BCUT2D eigenvalue weighted by Crippen LogP contribution is -2.23. The van der Waals surface area contributed by atoms with Crippen molar-refractivity contribution in [3.05, 3.63) is 27.4 Å². The molecular weight excluding hydrogens is 294 g/mol. The fourth-order valence-corrected chi connectivity index (χ4v) is 4.33. The van der Waals surface area contributed by atoms with Gasteiger partial charge in [-0.05, 0) is 0 Å². The first kappa shape index (κ1) is 13.8. The SMILES string of the molecule is O=[N+]([O-])c1cc(Cl)cnc1NCC1CSCCS1. The molecular formula is C10H12ClN3O2S2. The monoisotopic (exact) mass is 305 g/mol. The average Bonchev–Trinajstić information content (AvgIpc) is 2.38. The summed E-state index contributed by atoms with van der Waals surface area (Å²) in [6, 6.07) is 1.32. The van der Waals surface area contributed by atoms with Crippen LogP contribution in [0.4, 0.5) is 11.5 Å². The lowest BCUT2D eigenvalue weighted by molar-refractivity contribution is -0.384. The van der Waals surface area contributed by atoms with Crippen LogP contribution in [0.3, 0.4) is 0 Å². The van der Waals surface area contributed by atoms with Gasteiger partial charge in [-0.1, -0.05) is 11.6 Å². The zero-order valence-corrected chi connectivity index (χ0v) is 11.9. The molecule has 0 aliphatic carbocycles. The number of hydrogen-bond donors (Lipinski definition) is 1. The Hall–Kier alpha value is -0.660. The van der Waals surface area contributed by atoms with Gasteiger partial charge in [0, 0.05) is 41.3 Å². The molecule has 2 heterocycles. The molecule has 0 spiro atoms. The Morgan fingerprint density at radius 1 is 1.61 bits per heavy atom. The Balaban J connectivity index is 2.01. The van der Waals surface area contributed by atoms with Crippen molar-refractivity contribution in [1.82, 2.24) is 4.98 Å². The standard InChI is InChI=1S/C10H12ClN3O2S2/c11-7-3-9(14(15)16)10(12-4-7)13-5-8-6-17-1-2-18-8/h3-4,8H,1-2,5-6H2,(H,12,13). The van der Waals surface area contributed by atoms with Crippen LogP contribution >= 0.6 is 35.1 Å². The normalized spacial score (nSPS) is 19.5. The summed E-state index contributed by atoms with van der Waals surface area (Å²) in [7, 11) is 0. The number of halogens is 1. The zero-order chi connectivity index (χ0) is 13.0. The van der Waals surface area contributed by atoms with E-state index in [1.54, 1.807) is 0 Å². The van der Waals surface area contributed by atoms with Gasteiger partial charge >= 0.3 is 5.69 Å². The second kappa shape index (κ2) is 6.49. The molecule has 0 saturated carbocycles. The summed E-state index contributed by atoms with van der Waals surface area (Å²) in [6.45, 7) is 0.688. The zero-order valence-electron chi connectivity index (χ0n) is 9.47. The maximum Gasteiger partial charge on any atom is 0.312 e. The molecule has 0 bridgehead atoms. The van der Waals surface area contributed by atoms with E-state index in [-0.39, 0.29) is 10.7 Å². The molecule has 1 saturated heterocycles. The van der Waals surface area contributed by atoms with Gasteiger partial charge in [0.1, 0.15) is 0 Å². The van der Waals surface area contributed by atoms with E-state index in [1.165, 1.54) is 18.0 Å². The lowest BCUT2D eigenvalue weighted by atomic mass is 10.3. The molecule has 0 radical (unpaired) electrons. The fourth-order valence-electron chi connectivity index (χ4n) is 1.57. The third-order valence-electron chi connectivity index (χ3n) is 2.41. The molecule has 18 heavy (non-hydrogen) atoms. The van der Waals surface area contributed by atoms with Gasteiger partial charge in [0.05, 0.1) is 9.95 Å². The smallest absolute Gasteiger partial charge is 0.312 e. The number of nitrogens with zero attached hydrogens (tertiary/aromatic N) is 2. The van der Waals surface area contributed by atoms with Gasteiger partial charge in [0.2, 0.25) is 5.82 Å². The number of anilines is 1. The molecule has 5 nitrogen and oxygen atoms in total. The van der Waals surface area contributed by atoms with E-state index in [0.29, 0.717) is 17.6 Å². The van der Waals surface area contributed by atoms with Gasteiger partial charge in [-0.15, -0.1) is 0 Å². The molecule has 1 unspecified atom stereocenters. The van der Waals surface area contributed by atoms with Gasteiger partial charge in [0.25, 0.3) is 0 Å². The van der Waals surface area contributed by atoms with Crippen molar-refractivity contribution in [2.24, 2.45) is 0 Å². The van der Waals surface area contributed by atoms with Gasteiger partial charge < -0.3 is 5.32 Å². The van der Waals surface area contributed by atoms with Crippen LogP contribution in [0.2, 0.25) is 5.02 Å². The van der Waals surface area contributed by atoms with Crippen molar-refractivity contribution < 1.29 is 4.92 Å². The fraction of sp³-hybridized carbons (Fsp3) is 0.500. The highest BCUT2D eigenvalue weighted by molar-refractivity contribution is 8.06. The van der Waals surface area contributed by atoms with Crippen LogP contribution in [0.1, 0.15) is 0 Å². The van der Waals surface area contributed by atoms with E-state index < -0.39 is 4.92 Å². The summed E-state index contributed by atoms with van der Waals surface area (Å²) in [5, 5.41) is 14.7. The van der Waals surface area contributed by atoms with Crippen LogP contribution in [-0.4, -0.2) is 39.0 Å². The van der Waals surface area contributed by atoms with Crippen molar-refractivity contribution in [2.75, 3.05) is 29.1 Å². The lowest BCUT2D eigenvalue weighted by Gasteiger charge is -2.21. The predicted octanol–water partition coefficient (Wildman–Crippen LogP) is 2.90.